The zero-order valence-electron chi connectivity index (χ0n) is 13.0. The fourth-order valence-electron chi connectivity index (χ4n) is 2.61. The van der Waals surface area contributed by atoms with Crippen molar-refractivity contribution < 1.29 is 0 Å². The molecule has 4 rings (SSSR count). The third kappa shape index (κ3) is 3.16. The first kappa shape index (κ1) is 14.9. The summed E-state index contributed by atoms with van der Waals surface area (Å²) < 4.78 is 2.12. The van der Waals surface area contributed by atoms with E-state index in [2.05, 4.69) is 68.0 Å². The van der Waals surface area contributed by atoms with Crippen LogP contribution in [0.25, 0.3) is 11.2 Å². The number of hydrogen-bond donors (Lipinski definition) is 0. The Kier molecular flexibility index (Phi) is 4.25. The molecule has 0 amide bonds. The lowest BCUT2D eigenvalue weighted by Crippen LogP contribution is -2.00. The molecule has 2 aromatic carbocycles. The first-order valence-electron chi connectivity index (χ1n) is 7.76. The van der Waals surface area contributed by atoms with Crippen LogP contribution in [0.2, 0.25) is 0 Å². The van der Waals surface area contributed by atoms with E-state index in [1.54, 1.807) is 18.1 Å². The van der Waals surface area contributed by atoms with E-state index < -0.39 is 0 Å². The maximum Gasteiger partial charge on any atom is 0.181 e. The summed E-state index contributed by atoms with van der Waals surface area (Å²) in [6.07, 6.45) is 3.44. The zero-order chi connectivity index (χ0) is 16.2. The zero-order valence-corrected chi connectivity index (χ0v) is 13.9. The van der Waals surface area contributed by atoms with Crippen LogP contribution in [0.5, 0.6) is 0 Å². The number of thioether (sulfide) groups is 1. The van der Waals surface area contributed by atoms with Gasteiger partial charge in [0.25, 0.3) is 0 Å². The molecule has 24 heavy (non-hydrogen) atoms. The van der Waals surface area contributed by atoms with E-state index in [1.807, 2.05) is 18.5 Å². The number of fused-ring (bicyclic) bond motifs is 1. The van der Waals surface area contributed by atoms with Crippen molar-refractivity contribution in [1.29, 1.82) is 0 Å². The molecule has 4 aromatic rings. The summed E-state index contributed by atoms with van der Waals surface area (Å²) in [7, 11) is 0. The molecule has 0 aliphatic rings. The maximum atomic E-state index is 4.49. The molecule has 0 unspecified atom stereocenters. The third-order valence-corrected chi connectivity index (χ3v) is 4.84. The minimum absolute atomic E-state index is 0.747. The minimum Gasteiger partial charge on any atom is -0.322 e. The van der Waals surface area contributed by atoms with Crippen molar-refractivity contribution in [2.45, 2.75) is 17.3 Å². The van der Waals surface area contributed by atoms with Gasteiger partial charge in [-0.3, -0.25) is 0 Å². The lowest BCUT2D eigenvalue weighted by atomic mass is 10.2. The molecule has 4 nitrogen and oxygen atoms in total. The first-order chi connectivity index (χ1) is 11.9. The van der Waals surface area contributed by atoms with Crippen molar-refractivity contribution in [1.82, 2.24) is 19.5 Å². The van der Waals surface area contributed by atoms with Gasteiger partial charge in [-0.05, 0) is 11.1 Å². The second-order valence-corrected chi connectivity index (χ2v) is 6.45. The highest BCUT2D eigenvalue weighted by Gasteiger charge is 2.11. The van der Waals surface area contributed by atoms with Crippen LogP contribution in [0, 0.1) is 0 Å². The van der Waals surface area contributed by atoms with Crippen LogP contribution < -0.4 is 0 Å². The largest absolute Gasteiger partial charge is 0.322 e. The number of benzene rings is 2. The fraction of sp³-hybridized carbons (Fsp3) is 0.105. The molecule has 2 aromatic heterocycles. The van der Waals surface area contributed by atoms with Crippen LogP contribution >= 0.6 is 11.8 Å². The Bertz CT molecular complexity index is 935. The Morgan fingerprint density at radius 2 is 1.50 bits per heavy atom. The van der Waals surface area contributed by atoms with Gasteiger partial charge in [-0.1, -0.05) is 72.4 Å². The Hall–Kier alpha value is -2.66. The van der Waals surface area contributed by atoms with Crippen molar-refractivity contribution in [3.05, 3.63) is 84.4 Å². The first-order valence-corrected chi connectivity index (χ1v) is 8.75. The van der Waals surface area contributed by atoms with Crippen molar-refractivity contribution in [3.63, 3.8) is 0 Å². The summed E-state index contributed by atoms with van der Waals surface area (Å²) in [6, 6.07) is 20.8. The molecule has 0 aliphatic carbocycles. The van der Waals surface area contributed by atoms with Gasteiger partial charge in [0, 0.05) is 12.3 Å². The predicted octanol–water partition coefficient (Wildman–Crippen LogP) is 4.17. The van der Waals surface area contributed by atoms with E-state index in [1.165, 1.54) is 11.1 Å². The Balaban J connectivity index is 1.64. The number of imidazole rings is 1. The highest BCUT2D eigenvalue weighted by Crippen LogP contribution is 2.27. The Labute approximate surface area is 144 Å². The van der Waals surface area contributed by atoms with E-state index in [4.69, 9.17) is 0 Å². The van der Waals surface area contributed by atoms with Gasteiger partial charge in [0.05, 0.1) is 6.33 Å². The third-order valence-electron chi connectivity index (χ3n) is 3.79. The number of aromatic nitrogens is 4. The second kappa shape index (κ2) is 6.84. The summed E-state index contributed by atoms with van der Waals surface area (Å²) >= 11 is 1.72. The fourth-order valence-corrected chi connectivity index (χ4v) is 3.58. The molecular formula is C19H16N4S. The van der Waals surface area contributed by atoms with Crippen molar-refractivity contribution in [3.8, 4) is 0 Å². The predicted molar refractivity (Wildman–Crippen MR) is 96.9 cm³/mol. The van der Waals surface area contributed by atoms with E-state index in [0.29, 0.717) is 0 Å². The standard InChI is InChI=1S/C19H16N4S/c1-3-7-15(8-4-1)11-23-14-22-18-17(23)19(21-13-20-18)24-12-16-9-5-2-6-10-16/h1-10,13-14H,11-12H2. The van der Waals surface area contributed by atoms with E-state index >= 15 is 0 Å². The molecule has 2 heterocycles. The van der Waals surface area contributed by atoms with Crippen molar-refractivity contribution in [2.75, 3.05) is 0 Å². The summed E-state index contributed by atoms with van der Waals surface area (Å²) in [5.74, 6) is 0.878. The van der Waals surface area contributed by atoms with E-state index in [9.17, 15) is 0 Å². The van der Waals surface area contributed by atoms with Crippen molar-refractivity contribution in [2.24, 2.45) is 0 Å². The molecule has 0 spiro atoms. The molecule has 0 atom stereocenters. The lowest BCUT2D eigenvalue weighted by Gasteiger charge is -2.07. The van der Waals surface area contributed by atoms with Gasteiger partial charge in [-0.25, -0.2) is 15.0 Å². The van der Waals surface area contributed by atoms with Crippen LogP contribution in [0.15, 0.2) is 78.3 Å². The smallest absolute Gasteiger partial charge is 0.181 e. The molecule has 0 fully saturated rings. The van der Waals surface area contributed by atoms with E-state index in [0.717, 1.165) is 28.5 Å². The molecule has 0 radical (unpaired) electrons. The molecule has 118 valence electrons. The molecule has 5 heteroatoms. The maximum absolute atomic E-state index is 4.49. The molecule has 0 bridgehead atoms. The highest BCUT2D eigenvalue weighted by atomic mass is 32.2. The van der Waals surface area contributed by atoms with Crippen molar-refractivity contribution >= 4 is 22.9 Å². The highest BCUT2D eigenvalue weighted by molar-refractivity contribution is 7.98. The normalized spacial score (nSPS) is 11.0. The molecule has 0 saturated heterocycles. The van der Waals surface area contributed by atoms with Crippen LogP contribution in [-0.4, -0.2) is 19.5 Å². The average Bonchev–Trinajstić information content (AvgIpc) is 3.05. The quantitative estimate of drug-likeness (QED) is 0.406. The summed E-state index contributed by atoms with van der Waals surface area (Å²) in [4.78, 5) is 13.2. The summed E-state index contributed by atoms with van der Waals surface area (Å²) in [5, 5.41) is 0.970. The number of nitrogens with zero attached hydrogens (tertiary/aromatic N) is 4. The topological polar surface area (TPSA) is 43.6 Å². The van der Waals surface area contributed by atoms with Crippen LogP contribution in [0.3, 0.4) is 0 Å². The minimum atomic E-state index is 0.747. The molecule has 0 N–H and O–H groups in total. The van der Waals surface area contributed by atoms with Crippen LogP contribution in [0.1, 0.15) is 11.1 Å². The molecular weight excluding hydrogens is 316 g/mol. The van der Waals surface area contributed by atoms with E-state index in [-0.39, 0.29) is 0 Å². The van der Waals surface area contributed by atoms with Gasteiger partial charge in [0.15, 0.2) is 5.65 Å². The summed E-state index contributed by atoms with van der Waals surface area (Å²) in [6.45, 7) is 0.767. The van der Waals surface area contributed by atoms with Gasteiger partial charge in [0.2, 0.25) is 0 Å². The van der Waals surface area contributed by atoms with Gasteiger partial charge < -0.3 is 4.57 Å². The number of rotatable bonds is 5. The Morgan fingerprint density at radius 3 is 2.25 bits per heavy atom. The summed E-state index contributed by atoms with van der Waals surface area (Å²) in [5.41, 5.74) is 4.27. The Morgan fingerprint density at radius 1 is 0.792 bits per heavy atom. The molecule has 0 saturated carbocycles. The van der Waals surface area contributed by atoms with Gasteiger partial charge in [0.1, 0.15) is 16.9 Å². The van der Waals surface area contributed by atoms with Crippen LogP contribution in [-0.2, 0) is 12.3 Å². The van der Waals surface area contributed by atoms with Gasteiger partial charge >= 0.3 is 0 Å². The van der Waals surface area contributed by atoms with Gasteiger partial charge in [-0.15, -0.1) is 0 Å². The SMILES string of the molecule is c1ccc(CSc2ncnc3ncn(Cc4ccccc4)c23)cc1. The second-order valence-electron chi connectivity index (χ2n) is 5.48. The van der Waals surface area contributed by atoms with Gasteiger partial charge in [-0.2, -0.15) is 0 Å². The lowest BCUT2D eigenvalue weighted by molar-refractivity contribution is 0.813. The number of hydrogen-bond acceptors (Lipinski definition) is 4. The average molecular weight is 332 g/mol. The monoisotopic (exact) mass is 332 g/mol. The molecule has 0 aliphatic heterocycles. The van der Waals surface area contributed by atoms with Crippen LogP contribution in [0.4, 0.5) is 0 Å².